The van der Waals surface area contributed by atoms with Crippen molar-refractivity contribution in [3.8, 4) is 0 Å². The summed E-state index contributed by atoms with van der Waals surface area (Å²) in [4.78, 5) is 15.5. The molecule has 1 aromatic heterocycles. The highest BCUT2D eigenvalue weighted by atomic mass is 19.3. The monoisotopic (exact) mass is 228 g/mol. The molecule has 1 rings (SSSR count). The summed E-state index contributed by atoms with van der Waals surface area (Å²) in [5, 5.41) is 2.47. The van der Waals surface area contributed by atoms with Crippen molar-refractivity contribution in [2.45, 2.75) is 27.2 Å². The molecule has 0 unspecified atom stereocenters. The average molecular weight is 228 g/mol. The summed E-state index contributed by atoms with van der Waals surface area (Å²) in [5.41, 5.74) is -0.454. The molecule has 0 aromatic carbocycles. The zero-order valence-electron chi connectivity index (χ0n) is 9.42. The minimum atomic E-state index is -2.70. The number of carbonyl (C=O) groups excluding carboxylic acids is 1. The van der Waals surface area contributed by atoms with Gasteiger partial charge in [-0.1, -0.05) is 0 Å². The van der Waals surface area contributed by atoms with E-state index in [-0.39, 0.29) is 0 Å². The fraction of sp³-hybridized carbons (Fsp3) is 0.455. The highest BCUT2D eigenvalue weighted by molar-refractivity contribution is 5.95. The van der Waals surface area contributed by atoms with Gasteiger partial charge in [0.15, 0.2) is 0 Å². The molecule has 1 aromatic rings. The van der Waals surface area contributed by atoms with Gasteiger partial charge in [0, 0.05) is 18.1 Å². The molecule has 0 bridgehead atoms. The van der Waals surface area contributed by atoms with E-state index < -0.39 is 17.7 Å². The number of anilines is 1. The first-order valence-corrected chi connectivity index (χ1v) is 4.86. The number of aromatic nitrogens is 1. The standard InChI is InChI=1S/C11H14F2N2O/c1-7-6-14-5-4-8(7)15-10(16)11(2,3)9(12)13/h4-6,9H,1-3H3,(H,14,15,16). The van der Waals surface area contributed by atoms with Crippen molar-refractivity contribution in [1.82, 2.24) is 4.98 Å². The molecule has 5 heteroatoms. The molecule has 0 aliphatic heterocycles. The number of carbonyl (C=O) groups is 1. The SMILES string of the molecule is Cc1cnccc1NC(=O)C(C)(C)C(F)F. The maximum Gasteiger partial charge on any atom is 0.252 e. The van der Waals surface area contributed by atoms with Gasteiger partial charge in [-0.2, -0.15) is 0 Å². The number of halogens is 2. The summed E-state index contributed by atoms with van der Waals surface area (Å²) in [5.74, 6) is -0.697. The molecule has 0 spiro atoms. The van der Waals surface area contributed by atoms with Gasteiger partial charge >= 0.3 is 0 Å². The van der Waals surface area contributed by atoms with Crippen molar-refractivity contribution in [3.63, 3.8) is 0 Å². The van der Waals surface area contributed by atoms with E-state index in [0.717, 1.165) is 5.56 Å². The van der Waals surface area contributed by atoms with E-state index in [1.807, 2.05) is 0 Å². The molecule has 1 heterocycles. The third-order valence-electron chi connectivity index (χ3n) is 2.40. The van der Waals surface area contributed by atoms with Crippen molar-refractivity contribution in [1.29, 1.82) is 0 Å². The number of amides is 1. The number of nitrogens with zero attached hydrogens (tertiary/aromatic N) is 1. The highest BCUT2D eigenvalue weighted by Crippen LogP contribution is 2.27. The third-order valence-corrected chi connectivity index (χ3v) is 2.40. The number of alkyl halides is 2. The zero-order chi connectivity index (χ0) is 12.3. The highest BCUT2D eigenvalue weighted by Gasteiger charge is 2.37. The van der Waals surface area contributed by atoms with E-state index in [1.165, 1.54) is 20.0 Å². The van der Waals surface area contributed by atoms with E-state index in [2.05, 4.69) is 10.3 Å². The normalized spacial score (nSPS) is 11.6. The Hall–Kier alpha value is -1.52. The summed E-state index contributed by atoms with van der Waals surface area (Å²) in [7, 11) is 0. The van der Waals surface area contributed by atoms with E-state index in [1.54, 1.807) is 19.2 Å². The molecule has 0 fully saturated rings. The number of aryl methyl sites for hydroxylation is 1. The van der Waals surface area contributed by atoms with E-state index in [4.69, 9.17) is 0 Å². The molecule has 1 amide bonds. The predicted octanol–water partition coefficient (Wildman–Crippen LogP) is 2.62. The number of pyridine rings is 1. The van der Waals surface area contributed by atoms with Crippen LogP contribution >= 0.6 is 0 Å². The maximum atomic E-state index is 12.6. The van der Waals surface area contributed by atoms with Crippen LogP contribution in [0.1, 0.15) is 19.4 Å². The Morgan fingerprint density at radius 2 is 2.12 bits per heavy atom. The fourth-order valence-electron chi connectivity index (χ4n) is 0.996. The van der Waals surface area contributed by atoms with Crippen molar-refractivity contribution in [2.75, 3.05) is 5.32 Å². The summed E-state index contributed by atoms with van der Waals surface area (Å²) < 4.78 is 25.2. The number of rotatable bonds is 3. The van der Waals surface area contributed by atoms with Gasteiger partial charge in [0.05, 0.1) is 0 Å². The second-order valence-electron chi connectivity index (χ2n) is 4.17. The lowest BCUT2D eigenvalue weighted by Crippen LogP contribution is -2.37. The van der Waals surface area contributed by atoms with Crippen LogP contribution in [-0.2, 0) is 4.79 Å². The Morgan fingerprint density at radius 1 is 1.50 bits per heavy atom. The summed E-state index contributed by atoms with van der Waals surface area (Å²) >= 11 is 0. The van der Waals surface area contributed by atoms with Crippen LogP contribution in [0, 0.1) is 12.3 Å². The van der Waals surface area contributed by atoms with Gasteiger partial charge in [-0.15, -0.1) is 0 Å². The van der Waals surface area contributed by atoms with Crippen LogP contribution in [0.15, 0.2) is 18.5 Å². The molecule has 0 saturated carbocycles. The van der Waals surface area contributed by atoms with Crippen LogP contribution in [0.5, 0.6) is 0 Å². The number of hydrogen-bond acceptors (Lipinski definition) is 2. The lowest BCUT2D eigenvalue weighted by atomic mass is 9.93. The maximum absolute atomic E-state index is 12.6. The van der Waals surface area contributed by atoms with Crippen LogP contribution in [0.25, 0.3) is 0 Å². The average Bonchev–Trinajstić information content (AvgIpc) is 2.21. The molecule has 1 N–H and O–H groups in total. The predicted molar refractivity (Wildman–Crippen MR) is 57.4 cm³/mol. The smallest absolute Gasteiger partial charge is 0.252 e. The lowest BCUT2D eigenvalue weighted by Gasteiger charge is -2.22. The van der Waals surface area contributed by atoms with Crippen LogP contribution in [0.4, 0.5) is 14.5 Å². The first-order valence-electron chi connectivity index (χ1n) is 4.86. The number of nitrogens with one attached hydrogen (secondary N) is 1. The van der Waals surface area contributed by atoms with Crippen molar-refractivity contribution in [2.24, 2.45) is 5.41 Å². The van der Waals surface area contributed by atoms with Crippen molar-refractivity contribution in [3.05, 3.63) is 24.0 Å². The van der Waals surface area contributed by atoms with Crippen LogP contribution < -0.4 is 5.32 Å². The van der Waals surface area contributed by atoms with Gasteiger partial charge in [0.25, 0.3) is 6.43 Å². The van der Waals surface area contributed by atoms with Crippen LogP contribution in [0.2, 0.25) is 0 Å². The summed E-state index contributed by atoms with van der Waals surface area (Å²) in [6, 6.07) is 1.58. The molecule has 0 radical (unpaired) electrons. The fourth-order valence-corrected chi connectivity index (χ4v) is 0.996. The van der Waals surface area contributed by atoms with Gasteiger partial charge in [-0.3, -0.25) is 9.78 Å². The van der Waals surface area contributed by atoms with Gasteiger partial charge in [-0.25, -0.2) is 8.78 Å². The van der Waals surface area contributed by atoms with Crippen molar-refractivity contribution < 1.29 is 13.6 Å². The summed E-state index contributed by atoms with van der Waals surface area (Å²) in [6.07, 6.45) is 0.359. The molecule has 0 saturated heterocycles. The minimum absolute atomic E-state index is 0.508. The second kappa shape index (κ2) is 4.55. The van der Waals surface area contributed by atoms with Gasteiger partial charge in [0.1, 0.15) is 5.41 Å². The minimum Gasteiger partial charge on any atom is -0.325 e. The first-order chi connectivity index (χ1) is 7.35. The van der Waals surface area contributed by atoms with E-state index in [0.29, 0.717) is 5.69 Å². The van der Waals surface area contributed by atoms with Crippen LogP contribution in [0.3, 0.4) is 0 Å². The molecule has 16 heavy (non-hydrogen) atoms. The number of hydrogen-bond donors (Lipinski definition) is 1. The Morgan fingerprint density at radius 3 is 2.62 bits per heavy atom. The first kappa shape index (κ1) is 12.5. The molecular weight excluding hydrogens is 214 g/mol. The van der Waals surface area contributed by atoms with E-state index in [9.17, 15) is 13.6 Å². The topological polar surface area (TPSA) is 42.0 Å². The Kier molecular flexibility index (Phi) is 3.57. The Labute approximate surface area is 92.9 Å². The van der Waals surface area contributed by atoms with Crippen LogP contribution in [-0.4, -0.2) is 17.3 Å². The Balaban J connectivity index is 2.84. The quantitative estimate of drug-likeness (QED) is 0.864. The van der Waals surface area contributed by atoms with E-state index >= 15 is 0 Å². The molecular formula is C11H14F2N2O. The summed E-state index contributed by atoms with van der Waals surface area (Å²) in [6.45, 7) is 4.17. The lowest BCUT2D eigenvalue weighted by molar-refractivity contribution is -0.131. The van der Waals surface area contributed by atoms with Gasteiger partial charge in [-0.05, 0) is 32.4 Å². The molecule has 3 nitrogen and oxygen atoms in total. The molecule has 0 aliphatic rings. The second-order valence-corrected chi connectivity index (χ2v) is 4.17. The van der Waals surface area contributed by atoms with Gasteiger partial charge < -0.3 is 5.32 Å². The van der Waals surface area contributed by atoms with Gasteiger partial charge in [0.2, 0.25) is 5.91 Å². The molecule has 0 aliphatic carbocycles. The molecule has 0 atom stereocenters. The third kappa shape index (κ3) is 2.53. The largest absolute Gasteiger partial charge is 0.325 e. The molecule has 88 valence electrons. The Bertz CT molecular complexity index is 391. The van der Waals surface area contributed by atoms with Crippen molar-refractivity contribution >= 4 is 11.6 Å². The zero-order valence-corrected chi connectivity index (χ0v) is 9.42.